The predicted octanol–water partition coefficient (Wildman–Crippen LogP) is 4.11. The molecule has 0 saturated carbocycles. The summed E-state index contributed by atoms with van der Waals surface area (Å²) in [7, 11) is 0. The molecule has 2 aromatic carbocycles. The third-order valence-electron chi connectivity index (χ3n) is 2.82. The molecule has 0 unspecified atom stereocenters. The van der Waals surface area contributed by atoms with E-state index in [-0.39, 0.29) is 10.9 Å². The molecule has 0 fully saturated rings. The van der Waals surface area contributed by atoms with Gasteiger partial charge in [-0.2, -0.15) is 0 Å². The fraction of sp³-hybridized carbons (Fsp3) is 0.125. The number of amides is 1. The lowest BCUT2D eigenvalue weighted by atomic mass is 10.2. The number of nitrogens with one attached hydrogen (secondary N) is 2. The number of hydrogen-bond acceptors (Lipinski definition) is 3. The van der Waals surface area contributed by atoms with Crippen LogP contribution in [0.5, 0.6) is 5.75 Å². The van der Waals surface area contributed by atoms with Gasteiger partial charge in [-0.05, 0) is 61.6 Å². The van der Waals surface area contributed by atoms with Crippen molar-refractivity contribution in [1.29, 1.82) is 0 Å². The molecule has 2 aromatic rings. The monoisotopic (exact) mass is 396 g/mol. The summed E-state index contributed by atoms with van der Waals surface area (Å²) in [4.78, 5) is 12.3. The van der Waals surface area contributed by atoms with Gasteiger partial charge in [-0.1, -0.05) is 15.9 Å². The molecule has 0 spiro atoms. The normalized spacial score (nSPS) is 10.0. The van der Waals surface area contributed by atoms with Crippen LogP contribution in [-0.2, 0) is 0 Å². The van der Waals surface area contributed by atoms with Gasteiger partial charge in [-0.3, -0.25) is 10.1 Å². The van der Waals surface area contributed by atoms with Gasteiger partial charge in [0.15, 0.2) is 5.11 Å². The molecular weight excluding hydrogens is 383 g/mol. The summed E-state index contributed by atoms with van der Waals surface area (Å²) in [6.07, 6.45) is 0. The number of carbonyl (C=O) groups excluding carboxylic acids is 1. The Hall–Kier alpha value is -1.99. The largest absolute Gasteiger partial charge is 0.493 e. The Balaban J connectivity index is 2.07. The highest BCUT2D eigenvalue weighted by molar-refractivity contribution is 9.10. The van der Waals surface area contributed by atoms with E-state index in [1.165, 1.54) is 24.3 Å². The van der Waals surface area contributed by atoms with Gasteiger partial charge in [0.2, 0.25) is 0 Å². The summed E-state index contributed by atoms with van der Waals surface area (Å²) in [6, 6.07) is 10.8. The molecular formula is C16H14BrFN2O2S. The van der Waals surface area contributed by atoms with E-state index in [0.717, 1.165) is 4.47 Å². The zero-order valence-electron chi connectivity index (χ0n) is 12.2. The predicted molar refractivity (Wildman–Crippen MR) is 95.4 cm³/mol. The Labute approximate surface area is 147 Å². The Bertz CT molecular complexity index is 723. The maximum absolute atomic E-state index is 12.9. The lowest BCUT2D eigenvalue weighted by Gasteiger charge is -2.12. The third kappa shape index (κ3) is 5.01. The van der Waals surface area contributed by atoms with Gasteiger partial charge in [0, 0.05) is 10.2 Å². The zero-order valence-corrected chi connectivity index (χ0v) is 14.6. The summed E-state index contributed by atoms with van der Waals surface area (Å²) < 4.78 is 19.1. The lowest BCUT2D eigenvalue weighted by molar-refractivity contribution is 0.0974. The van der Waals surface area contributed by atoms with Crippen molar-refractivity contribution in [3.63, 3.8) is 0 Å². The smallest absolute Gasteiger partial charge is 0.261 e. The highest BCUT2D eigenvalue weighted by Crippen LogP contribution is 2.23. The van der Waals surface area contributed by atoms with Gasteiger partial charge in [0.25, 0.3) is 5.91 Å². The van der Waals surface area contributed by atoms with E-state index in [0.29, 0.717) is 23.6 Å². The second kappa shape index (κ2) is 8.03. The standard InChI is InChI=1S/C16H14BrFN2O2S/c1-2-22-14-8-3-10(17)9-13(14)15(21)20-16(23)19-12-6-4-11(18)5-7-12/h3-9H,2H2,1H3,(H2,19,20,21,23). The Morgan fingerprint density at radius 1 is 1.26 bits per heavy atom. The second-order valence-corrected chi connectivity index (χ2v) is 5.81. The van der Waals surface area contributed by atoms with Crippen molar-refractivity contribution in [3.05, 3.63) is 58.3 Å². The molecule has 0 bridgehead atoms. The van der Waals surface area contributed by atoms with E-state index >= 15 is 0 Å². The molecule has 23 heavy (non-hydrogen) atoms. The van der Waals surface area contributed by atoms with Gasteiger partial charge in [-0.15, -0.1) is 0 Å². The lowest BCUT2D eigenvalue weighted by Crippen LogP contribution is -2.34. The van der Waals surface area contributed by atoms with Gasteiger partial charge < -0.3 is 10.1 Å². The van der Waals surface area contributed by atoms with Crippen molar-refractivity contribution < 1.29 is 13.9 Å². The summed E-state index contributed by atoms with van der Waals surface area (Å²) in [5.74, 6) is -0.270. The topological polar surface area (TPSA) is 50.4 Å². The SMILES string of the molecule is CCOc1ccc(Br)cc1C(=O)NC(=S)Nc1ccc(F)cc1. The van der Waals surface area contributed by atoms with Gasteiger partial charge >= 0.3 is 0 Å². The number of rotatable bonds is 4. The Kier molecular flexibility index (Phi) is 6.06. The van der Waals surface area contributed by atoms with Crippen LogP contribution in [0.2, 0.25) is 0 Å². The average molecular weight is 397 g/mol. The fourth-order valence-electron chi connectivity index (χ4n) is 1.83. The molecule has 0 aliphatic carbocycles. The van der Waals surface area contributed by atoms with E-state index in [9.17, 15) is 9.18 Å². The van der Waals surface area contributed by atoms with Crippen LogP contribution in [0.15, 0.2) is 46.9 Å². The van der Waals surface area contributed by atoms with E-state index in [2.05, 4.69) is 26.6 Å². The molecule has 0 atom stereocenters. The maximum atomic E-state index is 12.9. The van der Waals surface area contributed by atoms with Crippen molar-refractivity contribution in [2.24, 2.45) is 0 Å². The molecule has 0 heterocycles. The van der Waals surface area contributed by atoms with Crippen LogP contribution < -0.4 is 15.4 Å². The molecule has 0 aromatic heterocycles. The van der Waals surface area contributed by atoms with Crippen LogP contribution in [0.3, 0.4) is 0 Å². The summed E-state index contributed by atoms with van der Waals surface area (Å²) in [6.45, 7) is 2.28. The highest BCUT2D eigenvalue weighted by atomic mass is 79.9. The van der Waals surface area contributed by atoms with E-state index in [4.69, 9.17) is 17.0 Å². The molecule has 0 aliphatic rings. The van der Waals surface area contributed by atoms with Crippen LogP contribution in [-0.4, -0.2) is 17.6 Å². The summed E-state index contributed by atoms with van der Waals surface area (Å²) in [5.41, 5.74) is 0.945. The van der Waals surface area contributed by atoms with Crippen molar-refractivity contribution in [3.8, 4) is 5.75 Å². The zero-order chi connectivity index (χ0) is 16.8. The van der Waals surface area contributed by atoms with Crippen LogP contribution in [0.25, 0.3) is 0 Å². The first-order valence-electron chi connectivity index (χ1n) is 6.80. The van der Waals surface area contributed by atoms with Crippen LogP contribution in [0.1, 0.15) is 17.3 Å². The number of carbonyl (C=O) groups is 1. The van der Waals surface area contributed by atoms with Crippen LogP contribution >= 0.6 is 28.1 Å². The molecule has 1 amide bonds. The minimum atomic E-state index is -0.394. The van der Waals surface area contributed by atoms with Crippen LogP contribution in [0, 0.1) is 5.82 Å². The van der Waals surface area contributed by atoms with Crippen molar-refractivity contribution in [2.45, 2.75) is 6.92 Å². The molecule has 4 nitrogen and oxygen atoms in total. The van der Waals surface area contributed by atoms with E-state index in [1.807, 2.05) is 6.92 Å². The van der Waals surface area contributed by atoms with Crippen LogP contribution in [0.4, 0.5) is 10.1 Å². The molecule has 120 valence electrons. The minimum Gasteiger partial charge on any atom is -0.493 e. The number of ether oxygens (including phenoxy) is 1. The number of halogens is 2. The first-order chi connectivity index (χ1) is 11.0. The number of anilines is 1. The molecule has 0 aliphatic heterocycles. The maximum Gasteiger partial charge on any atom is 0.261 e. The number of hydrogen-bond donors (Lipinski definition) is 2. The third-order valence-corrected chi connectivity index (χ3v) is 3.51. The first-order valence-corrected chi connectivity index (χ1v) is 8.00. The van der Waals surface area contributed by atoms with Crippen molar-refractivity contribution in [2.75, 3.05) is 11.9 Å². The van der Waals surface area contributed by atoms with Gasteiger partial charge in [0.05, 0.1) is 12.2 Å². The Morgan fingerprint density at radius 3 is 2.61 bits per heavy atom. The van der Waals surface area contributed by atoms with E-state index < -0.39 is 5.91 Å². The molecule has 7 heteroatoms. The second-order valence-electron chi connectivity index (χ2n) is 4.49. The quantitative estimate of drug-likeness (QED) is 0.763. The first kappa shape index (κ1) is 17.4. The summed E-state index contributed by atoms with van der Waals surface area (Å²) in [5, 5.41) is 5.50. The highest BCUT2D eigenvalue weighted by Gasteiger charge is 2.14. The summed E-state index contributed by atoms with van der Waals surface area (Å²) >= 11 is 8.42. The average Bonchev–Trinajstić information content (AvgIpc) is 2.51. The number of thiocarbonyl (C=S) groups is 1. The molecule has 2 N–H and O–H groups in total. The number of benzene rings is 2. The molecule has 0 radical (unpaired) electrons. The fourth-order valence-corrected chi connectivity index (χ4v) is 2.40. The van der Waals surface area contributed by atoms with Crippen molar-refractivity contribution >= 4 is 44.9 Å². The minimum absolute atomic E-state index is 0.115. The van der Waals surface area contributed by atoms with E-state index in [1.54, 1.807) is 18.2 Å². The molecule has 0 saturated heterocycles. The van der Waals surface area contributed by atoms with Crippen molar-refractivity contribution in [1.82, 2.24) is 5.32 Å². The van der Waals surface area contributed by atoms with Gasteiger partial charge in [-0.25, -0.2) is 4.39 Å². The van der Waals surface area contributed by atoms with Gasteiger partial charge in [0.1, 0.15) is 11.6 Å². The molecule has 2 rings (SSSR count). The Morgan fingerprint density at radius 2 is 1.96 bits per heavy atom.